The van der Waals surface area contributed by atoms with E-state index in [-0.39, 0.29) is 38.9 Å². The largest absolute Gasteiger partial charge is 0.507 e. The second-order valence-electron chi connectivity index (χ2n) is 17.2. The van der Waals surface area contributed by atoms with Crippen LogP contribution in [0.2, 0.25) is 0 Å². The number of aliphatic hydroxyl groups excluding tert-OH is 1. The number of hydrogen-bond donors (Lipinski definition) is 4. The average Bonchev–Trinajstić information content (AvgIpc) is 2.84. The topological polar surface area (TPSA) is 128 Å². The third-order valence-corrected chi connectivity index (χ3v) is 10.2. The lowest BCUT2D eigenvalue weighted by Crippen LogP contribution is -2.41. The van der Waals surface area contributed by atoms with E-state index in [9.17, 15) is 30.0 Å². The van der Waals surface area contributed by atoms with Crippen LogP contribution in [0.4, 0.5) is 0 Å². The van der Waals surface area contributed by atoms with Crippen molar-refractivity contribution >= 4 is 35.5 Å². The fourth-order valence-electron chi connectivity index (χ4n) is 5.58. The number of carboxylic acid groups (broad SMARTS) is 2. The highest BCUT2D eigenvalue weighted by molar-refractivity contribution is 8.18. The minimum absolute atomic E-state index is 0.132. The van der Waals surface area contributed by atoms with Crippen LogP contribution in [-0.2, 0) is 31.2 Å². The Morgan fingerprint density at radius 2 is 1.19 bits per heavy atom. The summed E-state index contributed by atoms with van der Waals surface area (Å²) in [5.41, 5.74) is 2.71. The molecule has 1 atom stereocenters. The van der Waals surface area contributed by atoms with Crippen molar-refractivity contribution in [1.82, 2.24) is 4.90 Å². The Kier molecular flexibility index (Phi) is 13.3. The fourth-order valence-corrected chi connectivity index (χ4v) is 8.39. The van der Waals surface area contributed by atoms with Gasteiger partial charge in [-0.15, -0.1) is 23.5 Å². The number of aliphatic carboxylic acids is 2. The molecule has 0 fully saturated rings. The maximum atomic E-state index is 11.3. The number of aliphatic hydroxyl groups is 1. The van der Waals surface area contributed by atoms with Gasteiger partial charge in [-0.3, -0.25) is 14.5 Å². The number of carboxylic acids is 2. The molecule has 0 amide bonds. The van der Waals surface area contributed by atoms with Crippen LogP contribution in [0.3, 0.4) is 0 Å². The molecule has 0 heterocycles. The zero-order valence-electron chi connectivity index (χ0n) is 31.5. The van der Waals surface area contributed by atoms with Crippen molar-refractivity contribution in [3.8, 4) is 11.5 Å². The molecule has 10 heteroatoms. The number of phenolic OH excluding ortho intramolecular Hbond substituents is 1. The van der Waals surface area contributed by atoms with E-state index >= 15 is 0 Å². The van der Waals surface area contributed by atoms with E-state index < -0.39 is 31.1 Å². The molecule has 270 valence electrons. The van der Waals surface area contributed by atoms with Gasteiger partial charge in [0.2, 0.25) is 0 Å². The summed E-state index contributed by atoms with van der Waals surface area (Å²) in [6, 6.07) is 8.45. The Bertz CT molecular complexity index is 1410. The lowest BCUT2D eigenvalue weighted by Gasteiger charge is -2.34. The molecule has 2 aromatic rings. The zero-order chi connectivity index (χ0) is 37.2. The third-order valence-electron chi connectivity index (χ3n) is 7.70. The third kappa shape index (κ3) is 11.9. The van der Waals surface area contributed by atoms with E-state index in [1.54, 1.807) is 23.5 Å². The van der Waals surface area contributed by atoms with Gasteiger partial charge in [-0.25, -0.2) is 0 Å². The average molecular weight is 706 g/mol. The molecule has 0 saturated carbocycles. The fraction of sp³-hybridized carbons (Fsp3) is 0.632. The Labute approximate surface area is 297 Å². The van der Waals surface area contributed by atoms with Gasteiger partial charge in [-0.1, -0.05) is 89.2 Å². The first kappa shape index (κ1) is 41.8. The van der Waals surface area contributed by atoms with E-state index in [4.69, 9.17) is 4.74 Å². The number of rotatable bonds is 13. The maximum absolute atomic E-state index is 11.3. The minimum Gasteiger partial charge on any atom is -0.507 e. The summed E-state index contributed by atoms with van der Waals surface area (Å²) in [5, 5.41) is 40.7. The first-order valence-corrected chi connectivity index (χ1v) is 18.1. The van der Waals surface area contributed by atoms with Crippen LogP contribution < -0.4 is 4.74 Å². The summed E-state index contributed by atoms with van der Waals surface area (Å²) >= 11 is 3.49. The highest BCUT2D eigenvalue weighted by Gasteiger charge is 2.34. The van der Waals surface area contributed by atoms with Crippen molar-refractivity contribution in [1.29, 1.82) is 0 Å². The highest BCUT2D eigenvalue weighted by Crippen LogP contribution is 2.52. The summed E-state index contributed by atoms with van der Waals surface area (Å²) in [6.07, 6.45) is -1.11. The molecule has 0 saturated heterocycles. The number of nitrogens with zero attached hydrogens (tertiary/aromatic N) is 1. The Balaban J connectivity index is 2.59. The molecular weight excluding hydrogens is 647 g/mol. The van der Waals surface area contributed by atoms with Gasteiger partial charge in [0.15, 0.2) is 0 Å². The second kappa shape index (κ2) is 15.2. The van der Waals surface area contributed by atoms with Crippen LogP contribution in [0.25, 0.3) is 0 Å². The van der Waals surface area contributed by atoms with E-state index in [0.717, 1.165) is 32.0 Å². The maximum Gasteiger partial charge on any atom is 0.317 e. The number of hydrogen-bond acceptors (Lipinski definition) is 8. The minimum atomic E-state index is -1.17. The normalized spacial score (nSPS) is 13.9. The number of carbonyl (C=O) groups is 2. The van der Waals surface area contributed by atoms with Gasteiger partial charge in [0, 0.05) is 33.0 Å². The molecule has 0 aromatic heterocycles. The molecule has 4 N–H and O–H groups in total. The van der Waals surface area contributed by atoms with E-state index in [1.807, 2.05) is 0 Å². The number of thioether (sulfide) groups is 2. The van der Waals surface area contributed by atoms with E-state index in [0.29, 0.717) is 11.5 Å². The quantitative estimate of drug-likeness (QED) is 0.119. The van der Waals surface area contributed by atoms with Gasteiger partial charge < -0.3 is 25.2 Å². The van der Waals surface area contributed by atoms with Crippen LogP contribution in [-0.4, -0.2) is 73.7 Å². The predicted molar refractivity (Wildman–Crippen MR) is 198 cm³/mol. The van der Waals surface area contributed by atoms with Crippen LogP contribution >= 0.6 is 23.5 Å². The van der Waals surface area contributed by atoms with Gasteiger partial charge in [0.1, 0.15) is 24.2 Å². The molecule has 0 radical (unpaired) electrons. The van der Waals surface area contributed by atoms with Crippen LogP contribution in [0.5, 0.6) is 11.5 Å². The van der Waals surface area contributed by atoms with Crippen molar-refractivity contribution in [2.24, 2.45) is 0 Å². The van der Waals surface area contributed by atoms with Gasteiger partial charge in [-0.2, -0.15) is 0 Å². The molecule has 0 bridgehead atoms. The number of benzene rings is 2. The molecular formula is C38H59NO7S2. The van der Waals surface area contributed by atoms with Gasteiger partial charge in [-0.05, 0) is 59.3 Å². The van der Waals surface area contributed by atoms with E-state index in [1.165, 1.54) is 4.90 Å². The van der Waals surface area contributed by atoms with Gasteiger partial charge >= 0.3 is 11.9 Å². The Morgan fingerprint density at radius 3 is 1.58 bits per heavy atom. The first-order valence-electron chi connectivity index (χ1n) is 16.4. The van der Waals surface area contributed by atoms with Crippen molar-refractivity contribution in [2.45, 2.75) is 139 Å². The Morgan fingerprint density at radius 1 is 0.729 bits per heavy atom. The van der Waals surface area contributed by atoms with Crippen molar-refractivity contribution in [3.05, 3.63) is 46.5 Å². The predicted octanol–water partition coefficient (Wildman–Crippen LogP) is 8.41. The monoisotopic (exact) mass is 705 g/mol. The molecule has 0 aliphatic heterocycles. The van der Waals surface area contributed by atoms with Gasteiger partial charge in [0.25, 0.3) is 0 Å². The van der Waals surface area contributed by atoms with E-state index in [2.05, 4.69) is 121 Å². The summed E-state index contributed by atoms with van der Waals surface area (Å²) in [6.45, 7) is 28.5. The SMILES string of the molecule is CC(C)(Sc1cc(C(C)(C)C)c(O)c(C(C)(C)C)c1)Sc1ccc(C(C)(C)C)c(OCC(O)CN(CC(=O)O)CC(=O)O)c1C(C)(C)C. The lowest BCUT2D eigenvalue weighted by molar-refractivity contribution is -0.142. The zero-order valence-corrected chi connectivity index (χ0v) is 33.1. The summed E-state index contributed by atoms with van der Waals surface area (Å²) in [7, 11) is 0. The number of aromatic hydroxyl groups is 1. The molecule has 0 spiro atoms. The Hall–Kier alpha value is -2.40. The molecule has 2 aromatic carbocycles. The molecule has 48 heavy (non-hydrogen) atoms. The lowest BCUT2D eigenvalue weighted by atomic mass is 9.79. The molecule has 2 rings (SSSR count). The number of phenols is 1. The van der Waals surface area contributed by atoms with Crippen molar-refractivity contribution < 1.29 is 34.8 Å². The summed E-state index contributed by atoms with van der Waals surface area (Å²) < 4.78 is 6.13. The van der Waals surface area contributed by atoms with Crippen molar-refractivity contribution in [2.75, 3.05) is 26.2 Å². The van der Waals surface area contributed by atoms with Crippen molar-refractivity contribution in [3.63, 3.8) is 0 Å². The molecule has 0 aliphatic carbocycles. The highest BCUT2D eigenvalue weighted by atomic mass is 32.2. The molecule has 0 aliphatic rings. The molecule has 8 nitrogen and oxygen atoms in total. The summed E-state index contributed by atoms with van der Waals surface area (Å²) in [5.74, 6) is -1.31. The molecule has 1 unspecified atom stereocenters. The van der Waals surface area contributed by atoms with Crippen LogP contribution in [0.1, 0.15) is 119 Å². The standard InChI is InChI=1S/C38H59NO7S2/c1-34(2,3)25-15-16-28(31(37(10,11)12)33(25)46-22-23(40)19-39(20-29(41)42)21-30(43)44)48-38(13,14)47-24-17-26(35(4,5)6)32(45)27(18-24)36(7,8)9/h15-18,23,40,45H,19-22H2,1-14H3,(H,41,42)(H,43,44). The smallest absolute Gasteiger partial charge is 0.317 e. The first-order chi connectivity index (χ1) is 21.5. The van der Waals surface area contributed by atoms with Crippen LogP contribution in [0, 0.1) is 0 Å². The van der Waals surface area contributed by atoms with Gasteiger partial charge in [0.05, 0.1) is 17.2 Å². The van der Waals surface area contributed by atoms with Crippen LogP contribution in [0.15, 0.2) is 34.1 Å². The second-order valence-corrected chi connectivity index (χ2v) is 20.8. The number of ether oxygens (including phenoxy) is 1. The summed E-state index contributed by atoms with van der Waals surface area (Å²) in [4.78, 5) is 25.9.